The Kier molecular flexibility index (Phi) is 5.85. The summed E-state index contributed by atoms with van der Waals surface area (Å²) in [5, 5.41) is 10.4. The smallest absolute Gasteiger partial charge is 0.320 e. The van der Waals surface area contributed by atoms with Crippen molar-refractivity contribution in [2.24, 2.45) is 5.41 Å². The van der Waals surface area contributed by atoms with Gasteiger partial charge < -0.3 is 21.3 Å². The molecule has 38 heavy (non-hydrogen) atoms. The van der Waals surface area contributed by atoms with Gasteiger partial charge in [0, 0.05) is 61.5 Å². The van der Waals surface area contributed by atoms with Crippen molar-refractivity contribution < 1.29 is 14.0 Å². The van der Waals surface area contributed by atoms with Crippen molar-refractivity contribution in [2.75, 3.05) is 36.0 Å². The zero-order valence-corrected chi connectivity index (χ0v) is 21.7. The third-order valence-corrected chi connectivity index (χ3v) is 8.42. The highest BCUT2D eigenvalue weighted by Gasteiger charge is 2.49. The van der Waals surface area contributed by atoms with Gasteiger partial charge in [-0.3, -0.25) is 15.1 Å². The molecule has 10 heteroatoms. The van der Waals surface area contributed by atoms with Gasteiger partial charge in [-0.2, -0.15) is 0 Å². The standard InChI is InChI=1S/C28H32FN7O2/c1-15-20(12-32-22-4-3-6-31-26(15)22)19-8-17-9-23(33-13-21(17)25(30)24(19)29)35-27(38)34-18-10-28(11-18)5-7-36(14-28)16(2)37/h8-9,12-13,18,31H,3-7,10-11,14,30H2,1-2H3,(H2,33,34,35,38). The molecule has 0 bridgehead atoms. The molecular weight excluding hydrogens is 485 g/mol. The maximum atomic E-state index is 15.4. The quantitative estimate of drug-likeness (QED) is 0.386. The number of nitrogen functional groups attached to an aromatic ring is 1. The number of aromatic nitrogens is 2. The lowest BCUT2D eigenvalue weighted by atomic mass is 9.65. The predicted molar refractivity (Wildman–Crippen MR) is 145 cm³/mol. The van der Waals surface area contributed by atoms with Crippen molar-refractivity contribution in [1.82, 2.24) is 20.2 Å². The SMILES string of the molecule is CC(=O)N1CCC2(CC(NC(=O)Nc3cc4cc(-c5cnc6c(c5C)NCCC6)c(F)c(N)c4cn3)C2)C1. The van der Waals surface area contributed by atoms with Crippen LogP contribution >= 0.6 is 0 Å². The van der Waals surface area contributed by atoms with Gasteiger partial charge in [0.2, 0.25) is 5.91 Å². The number of benzene rings is 1. The van der Waals surface area contributed by atoms with Crippen LogP contribution in [0.3, 0.4) is 0 Å². The summed E-state index contributed by atoms with van der Waals surface area (Å²) in [6.07, 6.45) is 7.81. The second kappa shape index (κ2) is 9.11. The Bertz CT molecular complexity index is 1470. The lowest BCUT2D eigenvalue weighted by Gasteiger charge is -2.45. The van der Waals surface area contributed by atoms with Crippen LogP contribution in [-0.4, -0.2) is 52.5 Å². The average Bonchev–Trinajstić information content (AvgIpc) is 3.33. The minimum atomic E-state index is -0.507. The maximum absolute atomic E-state index is 15.4. The second-order valence-corrected chi connectivity index (χ2v) is 11.0. The molecular formula is C28H32FN7O2. The van der Waals surface area contributed by atoms with Crippen molar-refractivity contribution in [3.8, 4) is 11.1 Å². The molecule has 1 saturated heterocycles. The highest BCUT2D eigenvalue weighted by molar-refractivity contribution is 6.00. The first-order valence-corrected chi connectivity index (χ1v) is 13.2. The highest BCUT2D eigenvalue weighted by atomic mass is 19.1. The summed E-state index contributed by atoms with van der Waals surface area (Å²) in [4.78, 5) is 35.1. The largest absolute Gasteiger partial charge is 0.396 e. The number of urea groups is 1. The van der Waals surface area contributed by atoms with Crippen LogP contribution in [-0.2, 0) is 11.2 Å². The number of anilines is 3. The number of nitrogens with zero attached hydrogens (tertiary/aromatic N) is 3. The molecule has 0 radical (unpaired) electrons. The van der Waals surface area contributed by atoms with Gasteiger partial charge >= 0.3 is 6.03 Å². The van der Waals surface area contributed by atoms with Crippen LogP contribution in [0.15, 0.2) is 24.5 Å². The van der Waals surface area contributed by atoms with E-state index in [1.54, 1.807) is 25.3 Å². The summed E-state index contributed by atoms with van der Waals surface area (Å²) in [5.74, 6) is -0.0454. The summed E-state index contributed by atoms with van der Waals surface area (Å²) in [6.45, 7) is 5.99. The summed E-state index contributed by atoms with van der Waals surface area (Å²) < 4.78 is 15.4. The molecule has 1 saturated carbocycles. The number of aryl methyl sites for hydroxylation is 1. The molecule has 4 heterocycles. The summed E-state index contributed by atoms with van der Waals surface area (Å²) in [5.41, 5.74) is 10.3. The van der Waals surface area contributed by atoms with E-state index in [-0.39, 0.29) is 29.1 Å². The van der Waals surface area contributed by atoms with Gasteiger partial charge in [0.15, 0.2) is 5.82 Å². The molecule has 3 amide bonds. The van der Waals surface area contributed by atoms with E-state index >= 15 is 4.39 Å². The zero-order chi connectivity index (χ0) is 26.6. The van der Waals surface area contributed by atoms with Gasteiger partial charge in [-0.05, 0) is 67.5 Å². The molecule has 3 aromatic rings. The Morgan fingerprint density at radius 3 is 2.79 bits per heavy atom. The molecule has 0 atom stereocenters. The van der Waals surface area contributed by atoms with Crippen molar-refractivity contribution in [2.45, 2.75) is 52.0 Å². The van der Waals surface area contributed by atoms with Crippen molar-refractivity contribution >= 4 is 39.9 Å². The third-order valence-electron chi connectivity index (χ3n) is 8.42. The molecule has 1 aromatic carbocycles. The fraction of sp³-hybridized carbons (Fsp3) is 0.429. The van der Waals surface area contributed by atoms with Gasteiger partial charge in [-0.25, -0.2) is 14.2 Å². The Morgan fingerprint density at radius 2 is 2.03 bits per heavy atom. The van der Waals surface area contributed by atoms with E-state index in [4.69, 9.17) is 5.73 Å². The van der Waals surface area contributed by atoms with Crippen molar-refractivity contribution in [1.29, 1.82) is 0 Å². The number of carbonyl (C=O) groups excluding carboxylic acids is 2. The first kappa shape index (κ1) is 24.4. The topological polar surface area (TPSA) is 125 Å². The summed E-state index contributed by atoms with van der Waals surface area (Å²) in [7, 11) is 0. The van der Waals surface area contributed by atoms with Gasteiger partial charge in [0.1, 0.15) is 5.82 Å². The number of nitrogens with one attached hydrogen (secondary N) is 3. The first-order valence-electron chi connectivity index (χ1n) is 13.2. The van der Waals surface area contributed by atoms with Gasteiger partial charge in [-0.15, -0.1) is 0 Å². The van der Waals surface area contributed by atoms with E-state index in [0.29, 0.717) is 27.7 Å². The van der Waals surface area contributed by atoms with Gasteiger partial charge in [0.05, 0.1) is 17.1 Å². The number of halogens is 1. The molecule has 6 rings (SSSR count). The molecule has 0 unspecified atom stereocenters. The van der Waals surface area contributed by atoms with Crippen LogP contribution < -0.4 is 21.7 Å². The number of likely N-dealkylation sites (tertiary alicyclic amines) is 1. The van der Waals surface area contributed by atoms with Gasteiger partial charge in [0.25, 0.3) is 0 Å². The zero-order valence-electron chi connectivity index (χ0n) is 21.7. The average molecular weight is 518 g/mol. The van der Waals surface area contributed by atoms with Crippen molar-refractivity contribution in [3.63, 3.8) is 0 Å². The molecule has 2 aliphatic heterocycles. The molecule has 198 valence electrons. The fourth-order valence-corrected chi connectivity index (χ4v) is 6.34. The number of hydrogen-bond acceptors (Lipinski definition) is 6. The second-order valence-electron chi connectivity index (χ2n) is 11.0. The predicted octanol–water partition coefficient (Wildman–Crippen LogP) is 4.21. The van der Waals surface area contributed by atoms with E-state index in [2.05, 4.69) is 25.9 Å². The number of fused-ring (bicyclic) bond motifs is 2. The lowest BCUT2D eigenvalue weighted by Crippen LogP contribution is -2.53. The lowest BCUT2D eigenvalue weighted by molar-refractivity contribution is -0.128. The molecule has 3 aliphatic rings. The molecule has 1 aliphatic carbocycles. The minimum Gasteiger partial charge on any atom is -0.396 e. The number of pyridine rings is 2. The molecule has 5 N–H and O–H groups in total. The number of nitrogens with two attached hydrogens (primary N) is 1. The first-order chi connectivity index (χ1) is 18.2. The number of carbonyl (C=O) groups is 2. The summed E-state index contributed by atoms with van der Waals surface area (Å²) in [6, 6.07) is 3.17. The Balaban J connectivity index is 1.19. The van der Waals surface area contributed by atoms with Crippen LogP contribution in [0, 0.1) is 18.2 Å². The molecule has 2 fully saturated rings. The van der Waals surface area contributed by atoms with Crippen LogP contribution in [0.5, 0.6) is 0 Å². The van der Waals surface area contributed by atoms with E-state index < -0.39 is 5.82 Å². The number of rotatable bonds is 3. The van der Waals surface area contributed by atoms with E-state index in [9.17, 15) is 9.59 Å². The number of hydrogen-bond donors (Lipinski definition) is 4. The van der Waals surface area contributed by atoms with Crippen LogP contribution in [0.1, 0.15) is 43.9 Å². The molecule has 9 nitrogen and oxygen atoms in total. The highest BCUT2D eigenvalue weighted by Crippen LogP contribution is 2.48. The normalized spacial score (nSPS) is 22.1. The van der Waals surface area contributed by atoms with Crippen LogP contribution in [0.2, 0.25) is 0 Å². The minimum absolute atomic E-state index is 0.0158. The third kappa shape index (κ3) is 4.17. The monoisotopic (exact) mass is 517 g/mol. The Morgan fingerprint density at radius 1 is 1.21 bits per heavy atom. The molecule has 2 aromatic heterocycles. The van der Waals surface area contributed by atoms with Crippen molar-refractivity contribution in [3.05, 3.63) is 41.6 Å². The van der Waals surface area contributed by atoms with Gasteiger partial charge in [-0.1, -0.05) is 0 Å². The van der Waals surface area contributed by atoms with Crippen LogP contribution in [0.4, 0.5) is 26.4 Å². The van der Waals surface area contributed by atoms with E-state index in [1.165, 1.54) is 6.20 Å². The van der Waals surface area contributed by atoms with Crippen LogP contribution in [0.25, 0.3) is 21.9 Å². The van der Waals surface area contributed by atoms with E-state index in [0.717, 1.165) is 68.7 Å². The van der Waals surface area contributed by atoms with E-state index in [1.807, 2.05) is 11.8 Å². The fourth-order valence-electron chi connectivity index (χ4n) is 6.34. The Hall–Kier alpha value is -3.95. The Labute approximate surface area is 220 Å². The number of amides is 3. The summed E-state index contributed by atoms with van der Waals surface area (Å²) >= 11 is 0. The molecule has 1 spiro atoms. The maximum Gasteiger partial charge on any atom is 0.320 e.